The van der Waals surface area contributed by atoms with E-state index in [0.29, 0.717) is 17.8 Å². The second kappa shape index (κ2) is 5.24. The Morgan fingerprint density at radius 3 is 2.72 bits per heavy atom. The molecule has 1 aliphatic heterocycles. The van der Waals surface area contributed by atoms with Crippen molar-refractivity contribution < 1.29 is 14.6 Å². The van der Waals surface area contributed by atoms with Gasteiger partial charge in [0.25, 0.3) is 0 Å². The first-order chi connectivity index (χ1) is 8.49. The Bertz CT molecular complexity index is 422. The highest BCUT2D eigenvalue weighted by molar-refractivity contribution is 5.50. The summed E-state index contributed by atoms with van der Waals surface area (Å²) >= 11 is 0. The second-order valence-electron chi connectivity index (χ2n) is 5.17. The number of nitrogens with zero attached hydrogens (tertiary/aromatic N) is 1. The largest absolute Gasteiger partial charge is 0.391 e. The Balaban J connectivity index is 2.19. The van der Waals surface area contributed by atoms with Crippen molar-refractivity contribution in [3.05, 3.63) is 29.6 Å². The molecule has 0 radical (unpaired) electrons. The van der Waals surface area contributed by atoms with Crippen molar-refractivity contribution in [2.24, 2.45) is 5.92 Å². The Morgan fingerprint density at radius 1 is 1.44 bits per heavy atom. The van der Waals surface area contributed by atoms with Crippen LogP contribution < -0.4 is 4.90 Å². The summed E-state index contributed by atoms with van der Waals surface area (Å²) < 4.78 is 14.0. The van der Waals surface area contributed by atoms with Gasteiger partial charge in [0.1, 0.15) is 5.82 Å². The molecule has 1 saturated heterocycles. The van der Waals surface area contributed by atoms with E-state index >= 15 is 0 Å². The van der Waals surface area contributed by atoms with Crippen molar-refractivity contribution in [2.45, 2.75) is 32.5 Å². The quantitative estimate of drug-likeness (QED) is 0.848. The SMILES string of the molecule is CC1CCN(c2ccc([C@@H](C)O)cc2F)CC1O. The van der Waals surface area contributed by atoms with Crippen LogP contribution in [-0.2, 0) is 0 Å². The Morgan fingerprint density at radius 2 is 2.17 bits per heavy atom. The molecule has 1 heterocycles. The summed E-state index contributed by atoms with van der Waals surface area (Å²) in [4.78, 5) is 1.87. The number of halogens is 1. The molecule has 0 aliphatic carbocycles. The van der Waals surface area contributed by atoms with Gasteiger partial charge in [-0.2, -0.15) is 0 Å². The molecule has 0 spiro atoms. The first kappa shape index (κ1) is 13.3. The molecule has 1 aromatic carbocycles. The minimum Gasteiger partial charge on any atom is -0.391 e. The monoisotopic (exact) mass is 253 g/mol. The number of hydrogen-bond donors (Lipinski definition) is 2. The number of benzene rings is 1. The number of hydrogen-bond acceptors (Lipinski definition) is 3. The number of β-amino-alcohol motifs (C(OH)–C–C–N with tert-alkyl or cyclic N) is 1. The maximum absolute atomic E-state index is 14.0. The predicted molar refractivity (Wildman–Crippen MR) is 69.0 cm³/mol. The molecule has 3 nitrogen and oxygen atoms in total. The molecule has 1 fully saturated rings. The molecule has 2 N–H and O–H groups in total. The summed E-state index contributed by atoms with van der Waals surface area (Å²) in [6, 6.07) is 4.78. The molecule has 0 aromatic heterocycles. The number of aliphatic hydroxyl groups is 2. The van der Waals surface area contributed by atoms with E-state index in [1.165, 1.54) is 6.07 Å². The van der Waals surface area contributed by atoms with E-state index in [4.69, 9.17) is 0 Å². The molecule has 1 aromatic rings. The van der Waals surface area contributed by atoms with Gasteiger partial charge in [0.05, 0.1) is 17.9 Å². The van der Waals surface area contributed by atoms with E-state index in [9.17, 15) is 14.6 Å². The molecule has 0 bridgehead atoms. The Hall–Kier alpha value is -1.13. The molecule has 2 unspecified atom stereocenters. The van der Waals surface area contributed by atoms with Gasteiger partial charge in [0.2, 0.25) is 0 Å². The lowest BCUT2D eigenvalue weighted by atomic mass is 9.95. The molecular formula is C14H20FNO2. The molecule has 1 aliphatic rings. The van der Waals surface area contributed by atoms with Crippen molar-refractivity contribution in [3.8, 4) is 0 Å². The summed E-state index contributed by atoms with van der Waals surface area (Å²) in [5.41, 5.74) is 1.08. The van der Waals surface area contributed by atoms with Gasteiger partial charge in [-0.1, -0.05) is 13.0 Å². The van der Waals surface area contributed by atoms with E-state index in [0.717, 1.165) is 13.0 Å². The topological polar surface area (TPSA) is 43.7 Å². The molecular weight excluding hydrogens is 233 g/mol. The fraction of sp³-hybridized carbons (Fsp3) is 0.571. The van der Waals surface area contributed by atoms with Gasteiger partial charge in [0, 0.05) is 13.1 Å². The highest BCUT2D eigenvalue weighted by Gasteiger charge is 2.25. The third-order valence-electron chi connectivity index (χ3n) is 3.71. The third-order valence-corrected chi connectivity index (χ3v) is 3.71. The van der Waals surface area contributed by atoms with Crippen LogP contribution in [0.1, 0.15) is 31.9 Å². The molecule has 0 amide bonds. The van der Waals surface area contributed by atoms with Gasteiger partial charge in [-0.25, -0.2) is 4.39 Å². The molecule has 100 valence electrons. The number of anilines is 1. The fourth-order valence-corrected chi connectivity index (χ4v) is 2.31. The summed E-state index contributed by atoms with van der Waals surface area (Å²) in [6.45, 7) is 4.84. The number of rotatable bonds is 2. The van der Waals surface area contributed by atoms with Crippen LogP contribution in [0.15, 0.2) is 18.2 Å². The van der Waals surface area contributed by atoms with Crippen LogP contribution in [-0.4, -0.2) is 29.4 Å². The normalized spacial score (nSPS) is 26.2. The first-order valence-electron chi connectivity index (χ1n) is 6.39. The maximum atomic E-state index is 14.0. The van der Waals surface area contributed by atoms with E-state index in [2.05, 4.69) is 0 Å². The lowest BCUT2D eigenvalue weighted by Crippen LogP contribution is -2.43. The van der Waals surface area contributed by atoms with Crippen LogP contribution >= 0.6 is 0 Å². The smallest absolute Gasteiger partial charge is 0.146 e. The summed E-state index contributed by atoms with van der Waals surface area (Å²) in [5.74, 6) is -0.0730. The van der Waals surface area contributed by atoms with Gasteiger partial charge in [0.15, 0.2) is 0 Å². The third kappa shape index (κ3) is 2.65. The van der Waals surface area contributed by atoms with Gasteiger partial charge in [-0.15, -0.1) is 0 Å². The highest BCUT2D eigenvalue weighted by atomic mass is 19.1. The van der Waals surface area contributed by atoms with Crippen LogP contribution in [0.4, 0.5) is 10.1 Å². The van der Waals surface area contributed by atoms with Crippen molar-refractivity contribution >= 4 is 5.69 Å². The highest BCUT2D eigenvalue weighted by Crippen LogP contribution is 2.27. The average Bonchev–Trinajstić information content (AvgIpc) is 2.32. The lowest BCUT2D eigenvalue weighted by Gasteiger charge is -2.36. The van der Waals surface area contributed by atoms with Crippen LogP contribution in [0.3, 0.4) is 0 Å². The zero-order valence-electron chi connectivity index (χ0n) is 10.8. The molecule has 4 heteroatoms. The second-order valence-corrected chi connectivity index (χ2v) is 5.17. The maximum Gasteiger partial charge on any atom is 0.146 e. The van der Waals surface area contributed by atoms with E-state index in [1.807, 2.05) is 11.8 Å². The van der Waals surface area contributed by atoms with Crippen LogP contribution in [0.5, 0.6) is 0 Å². The van der Waals surface area contributed by atoms with Gasteiger partial charge < -0.3 is 15.1 Å². The molecule has 2 rings (SSSR count). The first-order valence-corrected chi connectivity index (χ1v) is 6.39. The predicted octanol–water partition coefficient (Wildman–Crippen LogP) is 2.09. The Labute approximate surface area is 107 Å². The summed E-state index contributed by atoms with van der Waals surface area (Å²) in [7, 11) is 0. The van der Waals surface area contributed by atoms with Crippen LogP contribution in [0, 0.1) is 11.7 Å². The zero-order valence-corrected chi connectivity index (χ0v) is 10.8. The van der Waals surface area contributed by atoms with Gasteiger partial charge >= 0.3 is 0 Å². The standard InChI is InChI=1S/C14H20FNO2/c1-9-5-6-16(8-14(9)18)13-4-3-11(10(2)17)7-12(13)15/h3-4,7,9-10,14,17-18H,5-6,8H2,1-2H3/t9?,10-,14?/m1/s1. The Kier molecular flexibility index (Phi) is 3.88. The van der Waals surface area contributed by atoms with Gasteiger partial charge in [-0.3, -0.25) is 0 Å². The van der Waals surface area contributed by atoms with Crippen molar-refractivity contribution in [1.29, 1.82) is 0 Å². The fourth-order valence-electron chi connectivity index (χ4n) is 2.31. The molecule has 3 atom stereocenters. The number of aliphatic hydroxyl groups excluding tert-OH is 2. The molecule has 0 saturated carbocycles. The van der Waals surface area contributed by atoms with Crippen molar-refractivity contribution in [2.75, 3.05) is 18.0 Å². The van der Waals surface area contributed by atoms with E-state index in [-0.39, 0.29) is 11.7 Å². The zero-order chi connectivity index (χ0) is 13.3. The van der Waals surface area contributed by atoms with Crippen LogP contribution in [0.25, 0.3) is 0 Å². The average molecular weight is 253 g/mol. The van der Waals surface area contributed by atoms with Crippen molar-refractivity contribution in [1.82, 2.24) is 0 Å². The van der Waals surface area contributed by atoms with Crippen molar-refractivity contribution in [3.63, 3.8) is 0 Å². The summed E-state index contributed by atoms with van der Waals surface area (Å²) in [6.07, 6.45) is -0.214. The van der Waals surface area contributed by atoms with E-state index < -0.39 is 12.2 Å². The molecule has 18 heavy (non-hydrogen) atoms. The number of piperidine rings is 1. The van der Waals surface area contributed by atoms with Crippen LogP contribution in [0.2, 0.25) is 0 Å². The minimum atomic E-state index is -0.666. The lowest BCUT2D eigenvalue weighted by molar-refractivity contribution is 0.102. The minimum absolute atomic E-state index is 0.265. The summed E-state index contributed by atoms with van der Waals surface area (Å²) in [5, 5.41) is 19.2. The van der Waals surface area contributed by atoms with Gasteiger partial charge in [-0.05, 0) is 37.0 Å². The van der Waals surface area contributed by atoms with E-state index in [1.54, 1.807) is 19.1 Å².